The summed E-state index contributed by atoms with van der Waals surface area (Å²) in [4.78, 5) is 0. The zero-order chi connectivity index (χ0) is 10.6. The van der Waals surface area contributed by atoms with Crippen LogP contribution in [0.5, 0.6) is 0 Å². The molecule has 2 nitrogen and oxygen atoms in total. The predicted molar refractivity (Wildman–Crippen MR) is 60.2 cm³/mol. The first kappa shape index (κ1) is 13.7. The Morgan fingerprint density at radius 3 is 2.57 bits per heavy atom. The zero-order valence-electron chi connectivity index (χ0n) is 9.28. The van der Waals surface area contributed by atoms with Crippen molar-refractivity contribution in [2.45, 2.75) is 58.0 Å². The minimum Gasteiger partial charge on any atom is -0.396 e. The number of aliphatic hydroxyl groups is 2. The van der Waals surface area contributed by atoms with E-state index < -0.39 is 0 Å². The Hall–Kier alpha value is -0.340. The van der Waals surface area contributed by atoms with Crippen LogP contribution < -0.4 is 0 Å². The predicted octanol–water partition coefficient (Wildman–Crippen LogP) is 2.65. The van der Waals surface area contributed by atoms with Gasteiger partial charge in [0.2, 0.25) is 0 Å². The standard InChI is InChI=1S/C12H24O2/c1-2-3-4-5-6-7-8-9-12(14)10-11-13/h7-8,12-14H,2-6,9-11H2,1H3/b8-7-. The van der Waals surface area contributed by atoms with E-state index in [2.05, 4.69) is 13.0 Å². The minimum atomic E-state index is -0.369. The Balaban J connectivity index is 3.18. The van der Waals surface area contributed by atoms with Crippen molar-refractivity contribution in [3.8, 4) is 0 Å². The molecule has 0 spiro atoms. The fraction of sp³-hybridized carbons (Fsp3) is 0.833. The summed E-state index contributed by atoms with van der Waals surface area (Å²) in [6, 6.07) is 0. The quantitative estimate of drug-likeness (QED) is 0.444. The van der Waals surface area contributed by atoms with Crippen molar-refractivity contribution in [2.75, 3.05) is 6.61 Å². The fourth-order valence-corrected chi connectivity index (χ4v) is 1.33. The van der Waals surface area contributed by atoms with Crippen LogP contribution >= 0.6 is 0 Å². The lowest BCUT2D eigenvalue weighted by atomic mass is 10.1. The van der Waals surface area contributed by atoms with Crippen molar-refractivity contribution in [1.82, 2.24) is 0 Å². The molecular weight excluding hydrogens is 176 g/mol. The maximum absolute atomic E-state index is 9.28. The summed E-state index contributed by atoms with van der Waals surface area (Å²) in [6.45, 7) is 2.28. The number of hydrogen-bond acceptors (Lipinski definition) is 2. The molecule has 0 aliphatic carbocycles. The first-order valence-electron chi connectivity index (χ1n) is 5.75. The van der Waals surface area contributed by atoms with Crippen molar-refractivity contribution in [3.05, 3.63) is 12.2 Å². The molecule has 0 fully saturated rings. The smallest absolute Gasteiger partial charge is 0.0596 e. The van der Waals surface area contributed by atoms with Gasteiger partial charge in [0.05, 0.1) is 6.10 Å². The van der Waals surface area contributed by atoms with Crippen LogP contribution in [0.15, 0.2) is 12.2 Å². The molecule has 2 N–H and O–H groups in total. The van der Waals surface area contributed by atoms with Gasteiger partial charge in [-0.3, -0.25) is 0 Å². The highest BCUT2D eigenvalue weighted by molar-refractivity contribution is 4.83. The van der Waals surface area contributed by atoms with Crippen LogP contribution in [0.3, 0.4) is 0 Å². The molecule has 0 heterocycles. The fourth-order valence-electron chi connectivity index (χ4n) is 1.33. The SMILES string of the molecule is CCCCCC/C=C\CC(O)CCO. The van der Waals surface area contributed by atoms with Crippen molar-refractivity contribution in [3.63, 3.8) is 0 Å². The second-order valence-electron chi connectivity index (χ2n) is 3.72. The van der Waals surface area contributed by atoms with E-state index in [0.717, 1.165) is 6.42 Å². The summed E-state index contributed by atoms with van der Waals surface area (Å²) in [7, 11) is 0. The van der Waals surface area contributed by atoms with Crippen molar-refractivity contribution < 1.29 is 10.2 Å². The summed E-state index contributed by atoms with van der Waals surface area (Å²) in [5.74, 6) is 0. The Labute approximate surface area is 87.7 Å². The van der Waals surface area contributed by atoms with Gasteiger partial charge >= 0.3 is 0 Å². The topological polar surface area (TPSA) is 40.5 Å². The molecule has 0 rings (SSSR count). The highest BCUT2D eigenvalue weighted by Gasteiger charge is 1.98. The Morgan fingerprint density at radius 2 is 1.93 bits per heavy atom. The van der Waals surface area contributed by atoms with Gasteiger partial charge in [0.1, 0.15) is 0 Å². The third-order valence-electron chi connectivity index (χ3n) is 2.26. The maximum atomic E-state index is 9.28. The largest absolute Gasteiger partial charge is 0.396 e. The Kier molecular flexibility index (Phi) is 10.5. The van der Waals surface area contributed by atoms with Gasteiger partial charge in [-0.05, 0) is 25.7 Å². The van der Waals surface area contributed by atoms with Gasteiger partial charge in [0, 0.05) is 6.61 Å². The molecule has 1 atom stereocenters. The number of allylic oxidation sites excluding steroid dienone is 1. The van der Waals surface area contributed by atoms with E-state index in [1.807, 2.05) is 6.08 Å². The van der Waals surface area contributed by atoms with E-state index in [9.17, 15) is 5.11 Å². The molecule has 0 radical (unpaired) electrons. The summed E-state index contributed by atoms with van der Waals surface area (Å²) in [5, 5.41) is 17.8. The lowest BCUT2D eigenvalue weighted by Gasteiger charge is -2.03. The molecule has 0 bridgehead atoms. The maximum Gasteiger partial charge on any atom is 0.0596 e. The highest BCUT2D eigenvalue weighted by Crippen LogP contribution is 2.04. The average Bonchev–Trinajstić information content (AvgIpc) is 2.17. The van der Waals surface area contributed by atoms with Gasteiger partial charge in [-0.15, -0.1) is 0 Å². The first-order chi connectivity index (χ1) is 6.81. The van der Waals surface area contributed by atoms with Gasteiger partial charge in [-0.25, -0.2) is 0 Å². The molecule has 14 heavy (non-hydrogen) atoms. The highest BCUT2D eigenvalue weighted by atomic mass is 16.3. The molecular formula is C12H24O2. The monoisotopic (exact) mass is 200 g/mol. The summed E-state index contributed by atoms with van der Waals surface area (Å²) < 4.78 is 0. The molecule has 0 aliphatic rings. The molecule has 0 aromatic rings. The molecule has 0 saturated carbocycles. The van der Waals surface area contributed by atoms with E-state index in [1.54, 1.807) is 0 Å². The molecule has 0 aromatic carbocycles. The van der Waals surface area contributed by atoms with Crippen LogP contribution in [0.25, 0.3) is 0 Å². The van der Waals surface area contributed by atoms with Crippen LogP contribution in [0.1, 0.15) is 51.9 Å². The number of unbranched alkanes of at least 4 members (excludes halogenated alkanes) is 4. The van der Waals surface area contributed by atoms with E-state index in [-0.39, 0.29) is 12.7 Å². The third kappa shape index (κ3) is 9.75. The van der Waals surface area contributed by atoms with Gasteiger partial charge in [0.15, 0.2) is 0 Å². The van der Waals surface area contributed by atoms with E-state index in [1.165, 1.54) is 25.7 Å². The Bertz CT molecular complexity index is 132. The van der Waals surface area contributed by atoms with E-state index >= 15 is 0 Å². The molecule has 84 valence electrons. The summed E-state index contributed by atoms with van der Waals surface area (Å²) in [5.41, 5.74) is 0. The third-order valence-corrected chi connectivity index (χ3v) is 2.26. The molecule has 0 aliphatic heterocycles. The van der Waals surface area contributed by atoms with Gasteiger partial charge < -0.3 is 10.2 Å². The second kappa shape index (κ2) is 10.7. The molecule has 0 amide bonds. The van der Waals surface area contributed by atoms with Crippen molar-refractivity contribution in [2.24, 2.45) is 0 Å². The van der Waals surface area contributed by atoms with Crippen LogP contribution in [0.2, 0.25) is 0 Å². The Morgan fingerprint density at radius 1 is 1.14 bits per heavy atom. The van der Waals surface area contributed by atoms with Crippen LogP contribution in [0.4, 0.5) is 0 Å². The number of hydrogen-bond donors (Lipinski definition) is 2. The lowest BCUT2D eigenvalue weighted by Crippen LogP contribution is -2.06. The molecule has 0 aromatic heterocycles. The average molecular weight is 200 g/mol. The van der Waals surface area contributed by atoms with E-state index in [0.29, 0.717) is 12.8 Å². The van der Waals surface area contributed by atoms with Gasteiger partial charge in [-0.2, -0.15) is 0 Å². The van der Waals surface area contributed by atoms with E-state index in [4.69, 9.17) is 5.11 Å². The minimum absolute atomic E-state index is 0.0749. The van der Waals surface area contributed by atoms with Crippen molar-refractivity contribution in [1.29, 1.82) is 0 Å². The molecule has 1 unspecified atom stereocenters. The van der Waals surface area contributed by atoms with Crippen LogP contribution in [-0.2, 0) is 0 Å². The second-order valence-corrected chi connectivity index (χ2v) is 3.72. The van der Waals surface area contributed by atoms with Crippen LogP contribution in [0, 0.1) is 0 Å². The molecule has 2 heteroatoms. The normalized spacial score (nSPS) is 13.6. The first-order valence-corrected chi connectivity index (χ1v) is 5.75. The van der Waals surface area contributed by atoms with Gasteiger partial charge in [0.25, 0.3) is 0 Å². The van der Waals surface area contributed by atoms with Gasteiger partial charge in [-0.1, -0.05) is 38.3 Å². The number of aliphatic hydroxyl groups excluding tert-OH is 2. The zero-order valence-corrected chi connectivity index (χ0v) is 9.28. The van der Waals surface area contributed by atoms with Crippen molar-refractivity contribution >= 4 is 0 Å². The number of rotatable bonds is 9. The van der Waals surface area contributed by atoms with Crippen LogP contribution in [-0.4, -0.2) is 22.9 Å². The summed E-state index contributed by atoms with van der Waals surface area (Å²) in [6.07, 6.45) is 11.2. The lowest BCUT2D eigenvalue weighted by molar-refractivity contribution is 0.135. The summed E-state index contributed by atoms with van der Waals surface area (Å²) >= 11 is 0. The molecule has 0 saturated heterocycles.